The van der Waals surface area contributed by atoms with Crippen molar-refractivity contribution in [2.75, 3.05) is 19.4 Å². The van der Waals surface area contributed by atoms with Gasteiger partial charge in [-0.05, 0) is 30.2 Å². The molecule has 0 saturated heterocycles. The van der Waals surface area contributed by atoms with Crippen molar-refractivity contribution in [3.05, 3.63) is 35.9 Å². The fraction of sp³-hybridized carbons (Fsp3) is 0.606. The number of nitrogens with one attached hydrogen (secondary N) is 6. The van der Waals surface area contributed by atoms with Gasteiger partial charge < -0.3 is 42.4 Å². The second-order valence-electron chi connectivity index (χ2n) is 12.8. The molecule has 1 rings (SSSR count). The van der Waals surface area contributed by atoms with Crippen molar-refractivity contribution in [1.82, 2.24) is 31.9 Å². The summed E-state index contributed by atoms with van der Waals surface area (Å²) < 4.78 is 4.61. The van der Waals surface area contributed by atoms with Gasteiger partial charge in [0.05, 0.1) is 19.7 Å². The lowest BCUT2D eigenvalue weighted by Gasteiger charge is -2.28. The number of thiol groups is 1. The number of methoxy groups -OCH3 is 1. The van der Waals surface area contributed by atoms with Crippen LogP contribution in [-0.2, 0) is 44.7 Å². The van der Waals surface area contributed by atoms with Crippen LogP contribution < -0.4 is 37.6 Å². The molecule has 16 heteroatoms. The lowest BCUT2D eigenvalue weighted by molar-refractivity contribution is -0.144. The van der Waals surface area contributed by atoms with Crippen LogP contribution in [0.15, 0.2) is 30.3 Å². The van der Waals surface area contributed by atoms with Crippen LogP contribution in [0.25, 0.3) is 0 Å². The maximum atomic E-state index is 13.7. The van der Waals surface area contributed by atoms with E-state index in [1.54, 1.807) is 71.9 Å². The van der Waals surface area contributed by atoms with Crippen molar-refractivity contribution >= 4 is 54.0 Å². The summed E-state index contributed by atoms with van der Waals surface area (Å²) in [6.07, 6.45) is 0.0597. The number of nitrogens with two attached hydrogens (primary N) is 1. The van der Waals surface area contributed by atoms with E-state index in [9.17, 15) is 33.6 Å². The predicted octanol–water partition coefficient (Wildman–Crippen LogP) is -0.813. The summed E-state index contributed by atoms with van der Waals surface area (Å²) in [6, 6.07) is 2.74. The molecule has 0 aliphatic heterocycles. The lowest BCUT2D eigenvalue weighted by Crippen LogP contribution is -2.60. The first-order valence-corrected chi connectivity index (χ1v) is 16.8. The van der Waals surface area contributed by atoms with E-state index in [4.69, 9.17) is 5.73 Å². The fourth-order valence-electron chi connectivity index (χ4n) is 4.44. The molecule has 0 aromatic heterocycles. The third-order valence-corrected chi connectivity index (χ3v) is 7.97. The van der Waals surface area contributed by atoms with Crippen LogP contribution >= 0.6 is 12.6 Å². The Bertz CT molecular complexity index is 1290. The Morgan fingerprint density at radius 2 is 1.22 bits per heavy atom. The van der Waals surface area contributed by atoms with Crippen molar-refractivity contribution in [2.24, 2.45) is 23.5 Å². The molecule has 0 unspecified atom stereocenters. The highest BCUT2D eigenvalue weighted by atomic mass is 32.1. The Hall–Kier alpha value is -4.18. The average molecular weight is 709 g/mol. The van der Waals surface area contributed by atoms with Gasteiger partial charge in [-0.25, -0.2) is 4.79 Å². The number of benzene rings is 1. The maximum absolute atomic E-state index is 13.7. The first-order valence-electron chi connectivity index (χ1n) is 16.2. The number of carbonyl (C=O) groups excluding carboxylic acids is 7. The molecule has 0 saturated carbocycles. The first-order chi connectivity index (χ1) is 22.9. The van der Waals surface area contributed by atoms with Gasteiger partial charge in [0.2, 0.25) is 35.4 Å². The number of rotatable bonds is 19. The molecule has 0 aliphatic carbocycles. The van der Waals surface area contributed by atoms with E-state index >= 15 is 0 Å². The van der Waals surface area contributed by atoms with Crippen LogP contribution in [0, 0.1) is 17.8 Å². The predicted molar refractivity (Wildman–Crippen MR) is 187 cm³/mol. The molecule has 8 N–H and O–H groups in total. The third kappa shape index (κ3) is 14.5. The van der Waals surface area contributed by atoms with Crippen LogP contribution in [0.2, 0.25) is 0 Å². The maximum Gasteiger partial charge on any atom is 0.329 e. The molecular weight excluding hydrogens is 655 g/mol. The van der Waals surface area contributed by atoms with Crippen LogP contribution in [0.1, 0.15) is 54.0 Å². The van der Waals surface area contributed by atoms with Gasteiger partial charge in [-0.15, -0.1) is 0 Å². The average Bonchev–Trinajstić information content (AvgIpc) is 3.05. The van der Waals surface area contributed by atoms with Crippen LogP contribution in [-0.4, -0.2) is 97.1 Å². The van der Waals surface area contributed by atoms with E-state index in [1.807, 2.05) is 0 Å². The molecule has 0 fully saturated rings. The van der Waals surface area contributed by atoms with Gasteiger partial charge in [-0.3, -0.25) is 28.8 Å². The normalized spacial score (nSPS) is 14.8. The Labute approximate surface area is 293 Å². The molecule has 1 aromatic rings. The molecule has 49 heavy (non-hydrogen) atoms. The van der Waals surface area contributed by atoms with E-state index in [2.05, 4.69) is 49.3 Å². The summed E-state index contributed by atoms with van der Waals surface area (Å²) in [5.41, 5.74) is 6.60. The van der Waals surface area contributed by atoms with E-state index in [0.29, 0.717) is 0 Å². The Morgan fingerprint density at radius 3 is 1.73 bits per heavy atom. The summed E-state index contributed by atoms with van der Waals surface area (Å²) in [5, 5.41) is 15.5. The molecule has 6 amide bonds. The number of esters is 1. The number of carbonyl (C=O) groups is 7. The van der Waals surface area contributed by atoms with Crippen molar-refractivity contribution in [2.45, 2.75) is 91.1 Å². The number of amides is 6. The van der Waals surface area contributed by atoms with Crippen molar-refractivity contribution < 1.29 is 38.3 Å². The molecule has 274 valence electrons. The van der Waals surface area contributed by atoms with Gasteiger partial charge in [-0.2, -0.15) is 12.6 Å². The topological polar surface area (TPSA) is 227 Å². The van der Waals surface area contributed by atoms with Gasteiger partial charge in [0.1, 0.15) is 30.2 Å². The summed E-state index contributed by atoms with van der Waals surface area (Å²) >= 11 is 4.02. The largest absolute Gasteiger partial charge is 0.467 e. The first kappa shape index (κ1) is 42.8. The lowest BCUT2D eigenvalue weighted by atomic mass is 9.99. The molecular formula is C33H53N7O8S. The summed E-state index contributed by atoms with van der Waals surface area (Å²) in [6.45, 7) is 11.4. The third-order valence-electron chi connectivity index (χ3n) is 7.61. The molecule has 0 aliphatic rings. The Morgan fingerprint density at radius 1 is 0.673 bits per heavy atom. The fourth-order valence-corrected chi connectivity index (χ4v) is 4.68. The van der Waals surface area contributed by atoms with E-state index in [-0.39, 0.29) is 18.1 Å². The summed E-state index contributed by atoms with van der Waals surface area (Å²) in [7, 11) is 1.17. The van der Waals surface area contributed by atoms with Gasteiger partial charge in [0.25, 0.3) is 0 Å². The standard InChI is InChI=1S/C33H53N7O8S/c1-17(2)25(34)30(44)36-20(7)28(42)39-27(19(5)6)32(46)38-22(14-21-12-10-9-11-13-21)29(43)40-26(18(3)4)31(45)35-15-24(41)37-23(16-49)33(47)48-8/h9-13,17-20,22-23,25-27,49H,14-16,34H2,1-8H3,(H,35,45)(H,36,44)(H,37,41)(H,38,46)(H,39,42)(H,40,43)/t20-,22-,23-,25-,26-,27-/m0/s1/i24+1. The number of ether oxygens (including phenoxy) is 1. The Balaban J connectivity index is 3.11. The van der Waals surface area contributed by atoms with Crippen LogP contribution in [0.5, 0.6) is 0 Å². The second-order valence-corrected chi connectivity index (χ2v) is 13.1. The van der Waals surface area contributed by atoms with E-state index < -0.39 is 96.0 Å². The molecule has 0 radical (unpaired) electrons. The highest BCUT2D eigenvalue weighted by Crippen LogP contribution is 2.10. The van der Waals surface area contributed by atoms with E-state index in [1.165, 1.54) is 14.0 Å². The molecule has 0 spiro atoms. The van der Waals surface area contributed by atoms with E-state index in [0.717, 1.165) is 5.56 Å². The zero-order valence-electron chi connectivity index (χ0n) is 29.5. The highest BCUT2D eigenvalue weighted by Gasteiger charge is 2.33. The molecule has 0 heterocycles. The molecule has 1 aromatic carbocycles. The van der Waals surface area contributed by atoms with Gasteiger partial charge in [0.15, 0.2) is 0 Å². The smallest absolute Gasteiger partial charge is 0.329 e. The monoisotopic (exact) mass is 708 g/mol. The number of hydrogen-bond donors (Lipinski definition) is 8. The van der Waals surface area contributed by atoms with Crippen molar-refractivity contribution in [3.8, 4) is 0 Å². The SMILES string of the molecule is COC(=O)[C@H](CS)N[13C](=O)CNC(=O)[C@@H](NC(=O)[C@H](Cc1ccccc1)NC(=O)[C@@H](NC(=O)[C@H](C)NC(=O)[C@@H](N)C(C)C)C(C)C)C(C)C. The quantitative estimate of drug-likeness (QED) is 0.0510. The van der Waals surface area contributed by atoms with Crippen LogP contribution in [0.3, 0.4) is 0 Å². The molecule has 15 nitrogen and oxygen atoms in total. The highest BCUT2D eigenvalue weighted by molar-refractivity contribution is 7.80. The van der Waals surface area contributed by atoms with Crippen molar-refractivity contribution in [3.63, 3.8) is 0 Å². The second kappa shape index (κ2) is 21.0. The molecule has 0 bridgehead atoms. The van der Waals surface area contributed by atoms with Gasteiger partial charge in [0, 0.05) is 12.2 Å². The zero-order valence-corrected chi connectivity index (χ0v) is 30.4. The van der Waals surface area contributed by atoms with Gasteiger partial charge in [-0.1, -0.05) is 71.9 Å². The minimum atomic E-state index is -1.16. The zero-order chi connectivity index (χ0) is 37.4. The minimum absolute atomic E-state index is 0.0184. The van der Waals surface area contributed by atoms with Crippen LogP contribution in [0.4, 0.5) is 0 Å². The van der Waals surface area contributed by atoms with Crippen molar-refractivity contribution in [1.29, 1.82) is 0 Å². The minimum Gasteiger partial charge on any atom is -0.467 e. The summed E-state index contributed by atoms with van der Waals surface area (Å²) in [4.78, 5) is 90.0. The Kier molecular flexibility index (Phi) is 18.4. The molecule has 6 atom stereocenters. The summed E-state index contributed by atoms with van der Waals surface area (Å²) in [5.74, 6) is -5.47. The number of hydrogen-bond acceptors (Lipinski definition) is 10. The van der Waals surface area contributed by atoms with Gasteiger partial charge >= 0.3 is 5.97 Å².